The molecule has 0 unspecified atom stereocenters. The van der Waals surface area contributed by atoms with Crippen LogP contribution in [0.1, 0.15) is 32.3 Å². The minimum absolute atomic E-state index is 0.295. The molecule has 1 N–H and O–H groups in total. The molecule has 0 heterocycles. The molecule has 0 aliphatic carbocycles. The van der Waals surface area contributed by atoms with Crippen molar-refractivity contribution in [1.29, 1.82) is 0 Å². The molecule has 0 aromatic heterocycles. The van der Waals surface area contributed by atoms with Gasteiger partial charge in [-0.15, -0.1) is 0 Å². The van der Waals surface area contributed by atoms with E-state index in [1.165, 1.54) is 11.6 Å². The summed E-state index contributed by atoms with van der Waals surface area (Å²) in [6.07, 6.45) is 9.70. The SMILES string of the molecule is C/C=C/C=C/C(=O)OCC(=O)Nc1ccc(CCCC)cc1. The molecule has 0 aliphatic heterocycles. The van der Waals surface area contributed by atoms with Crippen LogP contribution in [-0.2, 0) is 20.7 Å². The third-order valence-electron chi connectivity index (χ3n) is 2.94. The zero-order valence-electron chi connectivity index (χ0n) is 13.2. The second kappa shape index (κ2) is 10.4. The van der Waals surface area contributed by atoms with E-state index in [0.717, 1.165) is 19.3 Å². The minimum atomic E-state index is -0.539. The highest BCUT2D eigenvalue weighted by molar-refractivity contribution is 5.93. The summed E-state index contributed by atoms with van der Waals surface area (Å²) in [6.45, 7) is 3.71. The average Bonchev–Trinajstić information content (AvgIpc) is 2.52. The highest BCUT2D eigenvalue weighted by Crippen LogP contribution is 2.11. The van der Waals surface area contributed by atoms with E-state index in [1.54, 1.807) is 18.2 Å². The van der Waals surface area contributed by atoms with Gasteiger partial charge in [-0.1, -0.05) is 43.7 Å². The number of aryl methyl sites for hydroxylation is 1. The van der Waals surface area contributed by atoms with Gasteiger partial charge in [-0.3, -0.25) is 4.79 Å². The van der Waals surface area contributed by atoms with E-state index in [9.17, 15) is 9.59 Å². The first kappa shape index (κ1) is 17.7. The molecule has 0 saturated heterocycles. The number of carbonyl (C=O) groups is 2. The molecule has 22 heavy (non-hydrogen) atoms. The standard InChI is InChI=1S/C18H23NO3/c1-3-5-7-9-18(21)22-14-17(20)19-16-12-10-15(11-13-16)8-6-4-2/h3,5,7,9-13H,4,6,8,14H2,1-2H3,(H,19,20)/b5-3+,9-7+. The first-order valence-corrected chi connectivity index (χ1v) is 7.50. The Hall–Kier alpha value is -2.36. The van der Waals surface area contributed by atoms with Gasteiger partial charge in [-0.25, -0.2) is 4.79 Å². The van der Waals surface area contributed by atoms with Gasteiger partial charge in [-0.2, -0.15) is 0 Å². The van der Waals surface area contributed by atoms with Crippen molar-refractivity contribution in [2.45, 2.75) is 33.1 Å². The van der Waals surface area contributed by atoms with E-state index in [1.807, 2.05) is 31.2 Å². The normalized spacial score (nSPS) is 11.0. The molecular formula is C18H23NO3. The number of amides is 1. The van der Waals surface area contributed by atoms with Crippen LogP contribution in [0, 0.1) is 0 Å². The number of hydrogen-bond acceptors (Lipinski definition) is 3. The number of carbonyl (C=O) groups excluding carboxylic acids is 2. The van der Waals surface area contributed by atoms with Gasteiger partial charge < -0.3 is 10.1 Å². The van der Waals surface area contributed by atoms with Gasteiger partial charge in [0.2, 0.25) is 0 Å². The lowest BCUT2D eigenvalue weighted by atomic mass is 10.1. The molecule has 118 valence electrons. The predicted octanol–water partition coefficient (Wildman–Crippen LogP) is 3.64. The second-order valence-corrected chi connectivity index (χ2v) is 4.84. The quantitative estimate of drug-likeness (QED) is 0.453. The summed E-state index contributed by atoms with van der Waals surface area (Å²) in [7, 11) is 0. The Morgan fingerprint density at radius 2 is 1.91 bits per heavy atom. The Labute approximate surface area is 131 Å². The number of anilines is 1. The zero-order valence-corrected chi connectivity index (χ0v) is 13.2. The lowest BCUT2D eigenvalue weighted by Crippen LogP contribution is -2.20. The van der Waals surface area contributed by atoms with Crippen LogP contribution in [0.15, 0.2) is 48.6 Å². The summed E-state index contributed by atoms with van der Waals surface area (Å²) >= 11 is 0. The molecule has 0 fully saturated rings. The first-order chi connectivity index (χ1) is 10.7. The number of nitrogens with one attached hydrogen (secondary N) is 1. The predicted molar refractivity (Wildman–Crippen MR) is 88.6 cm³/mol. The molecule has 1 aromatic rings. The van der Waals surface area contributed by atoms with Gasteiger partial charge in [-0.05, 0) is 37.5 Å². The molecule has 1 aromatic carbocycles. The van der Waals surface area contributed by atoms with E-state index in [0.29, 0.717) is 5.69 Å². The van der Waals surface area contributed by atoms with Crippen molar-refractivity contribution < 1.29 is 14.3 Å². The van der Waals surface area contributed by atoms with Crippen LogP contribution in [0.2, 0.25) is 0 Å². The topological polar surface area (TPSA) is 55.4 Å². The van der Waals surface area contributed by atoms with Crippen LogP contribution in [0.25, 0.3) is 0 Å². The molecule has 0 saturated carbocycles. The smallest absolute Gasteiger partial charge is 0.331 e. The van der Waals surface area contributed by atoms with Gasteiger partial charge in [0.25, 0.3) is 5.91 Å². The van der Waals surface area contributed by atoms with E-state index in [2.05, 4.69) is 12.2 Å². The maximum atomic E-state index is 11.7. The highest BCUT2D eigenvalue weighted by Gasteiger charge is 2.05. The van der Waals surface area contributed by atoms with Gasteiger partial charge in [0.15, 0.2) is 6.61 Å². The third kappa shape index (κ3) is 7.43. The van der Waals surface area contributed by atoms with E-state index in [4.69, 9.17) is 4.74 Å². The number of allylic oxidation sites excluding steroid dienone is 3. The van der Waals surface area contributed by atoms with Gasteiger partial charge >= 0.3 is 5.97 Å². The van der Waals surface area contributed by atoms with Crippen LogP contribution < -0.4 is 5.32 Å². The molecule has 0 aliphatic rings. The number of rotatable bonds is 8. The van der Waals surface area contributed by atoms with Crippen LogP contribution in [0.5, 0.6) is 0 Å². The first-order valence-electron chi connectivity index (χ1n) is 7.50. The summed E-state index contributed by atoms with van der Waals surface area (Å²) in [6, 6.07) is 7.71. The molecule has 0 bridgehead atoms. The third-order valence-corrected chi connectivity index (χ3v) is 2.94. The summed E-state index contributed by atoms with van der Waals surface area (Å²) < 4.78 is 4.83. The fourth-order valence-corrected chi connectivity index (χ4v) is 1.76. The summed E-state index contributed by atoms with van der Waals surface area (Å²) in [5, 5.41) is 2.69. The summed E-state index contributed by atoms with van der Waals surface area (Å²) in [4.78, 5) is 23.0. The van der Waals surface area contributed by atoms with Crippen molar-refractivity contribution in [1.82, 2.24) is 0 Å². The fraction of sp³-hybridized carbons (Fsp3) is 0.333. The maximum Gasteiger partial charge on any atom is 0.331 e. The summed E-state index contributed by atoms with van der Waals surface area (Å²) in [5.74, 6) is -0.891. The molecule has 0 atom stereocenters. The van der Waals surface area contributed by atoms with Crippen molar-refractivity contribution in [3.05, 3.63) is 54.1 Å². The van der Waals surface area contributed by atoms with Crippen molar-refractivity contribution in [3.63, 3.8) is 0 Å². The molecular weight excluding hydrogens is 278 g/mol. The number of ether oxygens (including phenoxy) is 1. The van der Waals surface area contributed by atoms with E-state index < -0.39 is 5.97 Å². The monoisotopic (exact) mass is 301 g/mol. The van der Waals surface area contributed by atoms with Crippen molar-refractivity contribution >= 4 is 17.6 Å². The highest BCUT2D eigenvalue weighted by atomic mass is 16.5. The Kier molecular flexibility index (Phi) is 8.35. The average molecular weight is 301 g/mol. The molecule has 1 rings (SSSR count). The van der Waals surface area contributed by atoms with E-state index in [-0.39, 0.29) is 12.5 Å². The van der Waals surface area contributed by atoms with Crippen LogP contribution >= 0.6 is 0 Å². The van der Waals surface area contributed by atoms with Crippen molar-refractivity contribution in [2.75, 3.05) is 11.9 Å². The Morgan fingerprint density at radius 1 is 1.18 bits per heavy atom. The van der Waals surface area contributed by atoms with Crippen molar-refractivity contribution in [3.8, 4) is 0 Å². The molecule has 1 amide bonds. The second-order valence-electron chi connectivity index (χ2n) is 4.84. The minimum Gasteiger partial charge on any atom is -0.452 e. The van der Waals surface area contributed by atoms with Gasteiger partial charge in [0.1, 0.15) is 0 Å². The van der Waals surface area contributed by atoms with Gasteiger partial charge in [0, 0.05) is 11.8 Å². The van der Waals surface area contributed by atoms with E-state index >= 15 is 0 Å². The Balaban J connectivity index is 2.37. The number of benzene rings is 1. The number of unbranched alkanes of at least 4 members (excludes halogenated alkanes) is 1. The zero-order chi connectivity index (χ0) is 16.2. The maximum absolute atomic E-state index is 11.7. The number of esters is 1. The summed E-state index contributed by atoms with van der Waals surface area (Å²) in [5.41, 5.74) is 1.95. The van der Waals surface area contributed by atoms with Crippen LogP contribution in [0.3, 0.4) is 0 Å². The van der Waals surface area contributed by atoms with Crippen molar-refractivity contribution in [2.24, 2.45) is 0 Å². The van der Waals surface area contributed by atoms with Gasteiger partial charge in [0.05, 0.1) is 0 Å². The number of hydrogen-bond donors (Lipinski definition) is 1. The fourth-order valence-electron chi connectivity index (χ4n) is 1.76. The lowest BCUT2D eigenvalue weighted by molar-refractivity contribution is -0.142. The molecule has 0 radical (unpaired) electrons. The lowest BCUT2D eigenvalue weighted by Gasteiger charge is -2.06. The largest absolute Gasteiger partial charge is 0.452 e. The Bertz CT molecular complexity index is 530. The van der Waals surface area contributed by atoms with Crippen LogP contribution in [-0.4, -0.2) is 18.5 Å². The Morgan fingerprint density at radius 3 is 2.55 bits per heavy atom. The molecule has 0 spiro atoms. The molecule has 4 nitrogen and oxygen atoms in total. The molecule has 4 heteroatoms. The van der Waals surface area contributed by atoms with Crippen LogP contribution in [0.4, 0.5) is 5.69 Å².